The van der Waals surface area contributed by atoms with Crippen LogP contribution in [0.4, 0.5) is 4.79 Å². The van der Waals surface area contributed by atoms with E-state index in [-0.39, 0.29) is 18.6 Å². The second-order valence-electron chi connectivity index (χ2n) is 4.28. The summed E-state index contributed by atoms with van der Waals surface area (Å²) in [4.78, 5) is 23.5. The summed E-state index contributed by atoms with van der Waals surface area (Å²) in [6.45, 7) is 1.69. The molecule has 2 fully saturated rings. The average molecular weight is 228 g/mol. The van der Waals surface area contributed by atoms with Gasteiger partial charge in [-0.3, -0.25) is 9.69 Å². The van der Waals surface area contributed by atoms with Gasteiger partial charge in [0.1, 0.15) is 6.10 Å². The smallest absolute Gasteiger partial charge is 0.407 e. The van der Waals surface area contributed by atoms with Gasteiger partial charge in [0.15, 0.2) is 0 Å². The third-order valence-electron chi connectivity index (χ3n) is 2.86. The Balaban J connectivity index is 1.78. The quantitative estimate of drug-likeness (QED) is 0.670. The van der Waals surface area contributed by atoms with Crippen molar-refractivity contribution in [3.05, 3.63) is 0 Å². The lowest BCUT2D eigenvalue weighted by molar-refractivity contribution is -0.137. The topological polar surface area (TPSA) is 78.9 Å². The van der Waals surface area contributed by atoms with Crippen molar-refractivity contribution >= 4 is 12.1 Å². The molecule has 1 unspecified atom stereocenters. The Morgan fingerprint density at radius 3 is 2.81 bits per heavy atom. The number of carboxylic acids is 1. The Morgan fingerprint density at radius 1 is 1.56 bits per heavy atom. The van der Waals surface area contributed by atoms with Crippen LogP contribution in [0.5, 0.6) is 0 Å². The number of hydrogen-bond donors (Lipinski definition) is 2. The van der Waals surface area contributed by atoms with Crippen molar-refractivity contribution in [2.45, 2.75) is 31.4 Å². The summed E-state index contributed by atoms with van der Waals surface area (Å²) in [7, 11) is 0. The van der Waals surface area contributed by atoms with Gasteiger partial charge in [-0.25, -0.2) is 4.79 Å². The molecule has 6 heteroatoms. The van der Waals surface area contributed by atoms with Gasteiger partial charge in [0.2, 0.25) is 0 Å². The standard InChI is InChI=1S/C10H16N2O4/c13-9(14)3-4-12(7-1-2-7)6-8-5-11-10(15)16-8/h7-8H,1-6H2,(H,11,15)(H,13,14). The molecule has 0 spiro atoms. The minimum Gasteiger partial charge on any atom is -0.481 e. The van der Waals surface area contributed by atoms with Crippen LogP contribution in [0.25, 0.3) is 0 Å². The predicted octanol–water partition coefficient (Wildman–Crippen LogP) is 0.0339. The number of alkyl carbamates (subject to hydrolysis) is 1. The summed E-state index contributed by atoms with van der Waals surface area (Å²) in [5.41, 5.74) is 0. The van der Waals surface area contributed by atoms with E-state index in [1.807, 2.05) is 0 Å². The van der Waals surface area contributed by atoms with Gasteiger partial charge in [-0.05, 0) is 12.8 Å². The summed E-state index contributed by atoms with van der Waals surface area (Å²) in [5.74, 6) is -0.785. The molecule has 16 heavy (non-hydrogen) atoms. The van der Waals surface area contributed by atoms with Gasteiger partial charge < -0.3 is 15.2 Å². The van der Waals surface area contributed by atoms with Crippen molar-refractivity contribution in [3.63, 3.8) is 0 Å². The van der Waals surface area contributed by atoms with Crippen LogP contribution in [-0.2, 0) is 9.53 Å². The third-order valence-corrected chi connectivity index (χ3v) is 2.86. The fourth-order valence-corrected chi connectivity index (χ4v) is 1.90. The van der Waals surface area contributed by atoms with Crippen LogP contribution < -0.4 is 5.32 Å². The van der Waals surface area contributed by atoms with E-state index in [2.05, 4.69) is 10.2 Å². The van der Waals surface area contributed by atoms with Crippen molar-refractivity contribution in [2.75, 3.05) is 19.6 Å². The van der Waals surface area contributed by atoms with Crippen molar-refractivity contribution in [1.29, 1.82) is 0 Å². The zero-order chi connectivity index (χ0) is 11.5. The van der Waals surface area contributed by atoms with Gasteiger partial charge in [0, 0.05) is 19.1 Å². The molecule has 90 valence electrons. The Hall–Kier alpha value is -1.30. The van der Waals surface area contributed by atoms with E-state index >= 15 is 0 Å². The fraction of sp³-hybridized carbons (Fsp3) is 0.800. The number of amides is 1. The van der Waals surface area contributed by atoms with E-state index in [0.717, 1.165) is 12.8 Å². The third kappa shape index (κ3) is 3.10. The number of carbonyl (C=O) groups excluding carboxylic acids is 1. The molecule has 1 saturated carbocycles. The van der Waals surface area contributed by atoms with Gasteiger partial charge in [-0.2, -0.15) is 0 Å². The van der Waals surface area contributed by atoms with Crippen LogP contribution in [0.1, 0.15) is 19.3 Å². The molecule has 0 aromatic carbocycles. The Kier molecular flexibility index (Phi) is 3.28. The lowest BCUT2D eigenvalue weighted by Crippen LogP contribution is -2.37. The first-order chi connectivity index (χ1) is 7.65. The molecule has 0 radical (unpaired) electrons. The highest BCUT2D eigenvalue weighted by atomic mass is 16.6. The number of nitrogens with one attached hydrogen (secondary N) is 1. The number of carbonyl (C=O) groups is 2. The molecule has 1 aliphatic carbocycles. The molecule has 2 rings (SSSR count). The first-order valence-corrected chi connectivity index (χ1v) is 5.55. The Bertz CT molecular complexity index is 291. The van der Waals surface area contributed by atoms with Gasteiger partial charge in [0.25, 0.3) is 0 Å². The maximum absolute atomic E-state index is 10.8. The minimum absolute atomic E-state index is 0.137. The SMILES string of the molecule is O=C(O)CCN(CC1CNC(=O)O1)C1CC1. The fourth-order valence-electron chi connectivity index (χ4n) is 1.90. The van der Waals surface area contributed by atoms with Crippen molar-refractivity contribution in [1.82, 2.24) is 10.2 Å². The number of cyclic esters (lactones) is 1. The van der Waals surface area contributed by atoms with Crippen LogP contribution in [0.15, 0.2) is 0 Å². The van der Waals surface area contributed by atoms with E-state index in [9.17, 15) is 9.59 Å². The number of nitrogens with zero attached hydrogens (tertiary/aromatic N) is 1. The molecule has 1 saturated heterocycles. The van der Waals surface area contributed by atoms with Gasteiger partial charge in [-0.15, -0.1) is 0 Å². The van der Waals surface area contributed by atoms with E-state index in [4.69, 9.17) is 9.84 Å². The zero-order valence-corrected chi connectivity index (χ0v) is 9.02. The highest BCUT2D eigenvalue weighted by Gasteiger charge is 2.33. The maximum atomic E-state index is 10.8. The van der Waals surface area contributed by atoms with E-state index in [1.165, 1.54) is 0 Å². The second-order valence-corrected chi connectivity index (χ2v) is 4.28. The lowest BCUT2D eigenvalue weighted by Gasteiger charge is -2.23. The number of carboxylic acid groups (broad SMARTS) is 1. The first-order valence-electron chi connectivity index (χ1n) is 5.55. The summed E-state index contributed by atoms with van der Waals surface area (Å²) in [6.07, 6.45) is 1.87. The molecule has 6 nitrogen and oxygen atoms in total. The number of hydrogen-bond acceptors (Lipinski definition) is 4. The van der Waals surface area contributed by atoms with Crippen molar-refractivity contribution in [2.24, 2.45) is 0 Å². The molecule has 1 heterocycles. The van der Waals surface area contributed by atoms with Gasteiger partial charge in [0.05, 0.1) is 13.0 Å². The van der Waals surface area contributed by atoms with E-state index in [0.29, 0.717) is 25.7 Å². The van der Waals surface area contributed by atoms with Crippen molar-refractivity contribution in [3.8, 4) is 0 Å². The normalized spacial score (nSPS) is 24.3. The molecular weight excluding hydrogens is 212 g/mol. The molecule has 2 N–H and O–H groups in total. The zero-order valence-electron chi connectivity index (χ0n) is 9.02. The van der Waals surface area contributed by atoms with E-state index < -0.39 is 5.97 Å². The van der Waals surface area contributed by atoms with Crippen LogP contribution in [0.3, 0.4) is 0 Å². The largest absolute Gasteiger partial charge is 0.481 e. The van der Waals surface area contributed by atoms with Gasteiger partial charge >= 0.3 is 12.1 Å². The van der Waals surface area contributed by atoms with Crippen LogP contribution in [0.2, 0.25) is 0 Å². The molecule has 2 aliphatic rings. The first kappa shape index (κ1) is 11.2. The molecule has 0 aromatic heterocycles. The second kappa shape index (κ2) is 4.69. The highest BCUT2D eigenvalue weighted by molar-refractivity contribution is 5.69. The van der Waals surface area contributed by atoms with Crippen LogP contribution >= 0.6 is 0 Å². The van der Waals surface area contributed by atoms with Crippen LogP contribution in [-0.4, -0.2) is 53.8 Å². The lowest BCUT2D eigenvalue weighted by atomic mass is 10.3. The number of rotatable bonds is 6. The molecule has 0 bridgehead atoms. The molecule has 1 amide bonds. The Morgan fingerprint density at radius 2 is 2.31 bits per heavy atom. The Labute approximate surface area is 93.6 Å². The monoisotopic (exact) mass is 228 g/mol. The van der Waals surface area contributed by atoms with E-state index in [1.54, 1.807) is 0 Å². The summed E-state index contributed by atoms with van der Waals surface area (Å²) < 4.78 is 5.04. The highest BCUT2D eigenvalue weighted by Crippen LogP contribution is 2.27. The average Bonchev–Trinajstić information content (AvgIpc) is 2.98. The molecule has 1 atom stereocenters. The maximum Gasteiger partial charge on any atom is 0.407 e. The molecule has 0 aromatic rings. The number of ether oxygens (including phenoxy) is 1. The summed E-state index contributed by atoms with van der Waals surface area (Å²) in [6, 6.07) is 0.485. The van der Waals surface area contributed by atoms with Crippen LogP contribution in [0, 0.1) is 0 Å². The minimum atomic E-state index is -0.785. The summed E-state index contributed by atoms with van der Waals surface area (Å²) >= 11 is 0. The molecular formula is C10H16N2O4. The van der Waals surface area contributed by atoms with Gasteiger partial charge in [-0.1, -0.05) is 0 Å². The summed E-state index contributed by atoms with van der Waals surface area (Å²) in [5, 5.41) is 11.2. The predicted molar refractivity (Wildman–Crippen MR) is 55.1 cm³/mol. The number of aliphatic carboxylic acids is 1. The van der Waals surface area contributed by atoms with Crippen molar-refractivity contribution < 1.29 is 19.4 Å². The molecule has 1 aliphatic heterocycles.